The molecule has 5 nitrogen and oxygen atoms in total. The first-order chi connectivity index (χ1) is 15.3. The van der Waals surface area contributed by atoms with E-state index in [9.17, 15) is 0 Å². The smallest absolute Gasteiger partial charge is 0.145 e. The molecular formula is C26H27N3O2. The second-order valence-electron chi connectivity index (χ2n) is 7.78. The van der Waals surface area contributed by atoms with Gasteiger partial charge in [-0.3, -0.25) is 4.57 Å². The average molecular weight is 414 g/mol. The Morgan fingerprint density at radius 1 is 0.903 bits per heavy atom. The lowest BCUT2D eigenvalue weighted by Crippen LogP contribution is -2.25. The topological polar surface area (TPSA) is 48.3 Å². The van der Waals surface area contributed by atoms with E-state index >= 15 is 0 Å². The maximum atomic E-state index is 6.20. The van der Waals surface area contributed by atoms with E-state index in [1.54, 1.807) is 0 Å². The van der Waals surface area contributed by atoms with Gasteiger partial charge in [0.15, 0.2) is 0 Å². The highest BCUT2D eigenvalue weighted by atomic mass is 16.5. The molecule has 0 spiro atoms. The van der Waals surface area contributed by atoms with Crippen LogP contribution < -0.4 is 14.8 Å². The van der Waals surface area contributed by atoms with E-state index in [-0.39, 0.29) is 6.17 Å². The van der Waals surface area contributed by atoms with Crippen molar-refractivity contribution in [2.24, 2.45) is 0 Å². The minimum atomic E-state index is -0.135. The number of nitrogens with one attached hydrogen (secondary N) is 1. The summed E-state index contributed by atoms with van der Waals surface area (Å²) < 4.78 is 14.4. The summed E-state index contributed by atoms with van der Waals surface area (Å²) >= 11 is 0. The SMILES string of the molecule is CCCOc1ccc(C2Nc3ccccc3-c3nc4ccccc4n32)c(OCCC)c1. The van der Waals surface area contributed by atoms with Gasteiger partial charge in [-0.2, -0.15) is 0 Å². The lowest BCUT2D eigenvalue weighted by atomic mass is 10.0. The fraction of sp³-hybridized carbons (Fsp3) is 0.269. The number of rotatable bonds is 7. The Bertz CT molecular complexity index is 1210. The van der Waals surface area contributed by atoms with Crippen LogP contribution in [-0.2, 0) is 0 Å². The molecule has 158 valence electrons. The van der Waals surface area contributed by atoms with E-state index in [0.717, 1.165) is 58.0 Å². The molecule has 0 saturated carbocycles. The monoisotopic (exact) mass is 413 g/mol. The molecule has 0 aliphatic carbocycles. The number of nitrogens with zero attached hydrogens (tertiary/aromatic N) is 2. The molecular weight excluding hydrogens is 386 g/mol. The van der Waals surface area contributed by atoms with Gasteiger partial charge < -0.3 is 14.8 Å². The normalized spacial score (nSPS) is 14.6. The molecule has 1 N–H and O–H groups in total. The van der Waals surface area contributed by atoms with Crippen LogP contribution in [0.1, 0.15) is 38.4 Å². The third kappa shape index (κ3) is 3.50. The van der Waals surface area contributed by atoms with Crippen molar-refractivity contribution >= 4 is 16.7 Å². The number of imidazole rings is 1. The summed E-state index contributed by atoms with van der Waals surface area (Å²) in [6, 6.07) is 22.8. The summed E-state index contributed by atoms with van der Waals surface area (Å²) in [6.07, 6.45) is 1.78. The number of para-hydroxylation sites is 3. The first kappa shape index (κ1) is 19.5. The zero-order valence-corrected chi connectivity index (χ0v) is 18.0. The van der Waals surface area contributed by atoms with Crippen molar-refractivity contribution in [2.45, 2.75) is 32.9 Å². The highest BCUT2D eigenvalue weighted by Gasteiger charge is 2.30. The van der Waals surface area contributed by atoms with E-state index in [0.29, 0.717) is 13.2 Å². The standard InChI is InChI=1S/C26H27N3O2/c1-3-15-30-18-13-14-20(24(17-18)31-16-4-2)26-27-21-10-6-5-9-19(21)25-28-22-11-7-8-12-23(22)29(25)26/h5-14,17,26-27H,3-4,15-16H2,1-2H3. The van der Waals surface area contributed by atoms with Crippen molar-refractivity contribution in [3.05, 3.63) is 72.3 Å². The molecule has 0 amide bonds. The van der Waals surface area contributed by atoms with Crippen LogP contribution in [0.2, 0.25) is 0 Å². The van der Waals surface area contributed by atoms with Gasteiger partial charge in [-0.1, -0.05) is 38.1 Å². The van der Waals surface area contributed by atoms with Gasteiger partial charge in [0, 0.05) is 22.9 Å². The van der Waals surface area contributed by atoms with Gasteiger partial charge in [0.05, 0.1) is 24.2 Å². The molecule has 1 aliphatic heterocycles. The third-order valence-corrected chi connectivity index (χ3v) is 5.53. The van der Waals surface area contributed by atoms with Gasteiger partial charge in [0.2, 0.25) is 0 Å². The predicted octanol–water partition coefficient (Wildman–Crippen LogP) is 6.25. The van der Waals surface area contributed by atoms with Gasteiger partial charge >= 0.3 is 0 Å². The fourth-order valence-electron chi connectivity index (χ4n) is 4.12. The highest BCUT2D eigenvalue weighted by molar-refractivity contribution is 5.86. The lowest BCUT2D eigenvalue weighted by molar-refractivity contribution is 0.298. The zero-order valence-electron chi connectivity index (χ0n) is 18.0. The van der Waals surface area contributed by atoms with Gasteiger partial charge in [-0.15, -0.1) is 0 Å². The van der Waals surface area contributed by atoms with Crippen LogP contribution in [0.25, 0.3) is 22.4 Å². The minimum absolute atomic E-state index is 0.135. The number of anilines is 1. The molecule has 1 atom stereocenters. The molecule has 0 radical (unpaired) electrons. The van der Waals surface area contributed by atoms with Crippen LogP contribution in [0.4, 0.5) is 5.69 Å². The number of hydrogen-bond donors (Lipinski definition) is 1. The first-order valence-electron chi connectivity index (χ1n) is 11.0. The largest absolute Gasteiger partial charge is 0.493 e. The Balaban J connectivity index is 1.67. The third-order valence-electron chi connectivity index (χ3n) is 5.53. The maximum Gasteiger partial charge on any atom is 0.145 e. The van der Waals surface area contributed by atoms with Crippen molar-refractivity contribution < 1.29 is 9.47 Å². The van der Waals surface area contributed by atoms with Crippen LogP contribution >= 0.6 is 0 Å². The Labute approximate surface area is 182 Å². The second-order valence-corrected chi connectivity index (χ2v) is 7.78. The molecule has 3 aromatic carbocycles. The zero-order chi connectivity index (χ0) is 21.2. The van der Waals surface area contributed by atoms with E-state index in [1.807, 2.05) is 18.2 Å². The van der Waals surface area contributed by atoms with Crippen LogP contribution in [0, 0.1) is 0 Å². The van der Waals surface area contributed by atoms with Crippen LogP contribution in [0.15, 0.2) is 66.7 Å². The quantitative estimate of drug-likeness (QED) is 0.389. The van der Waals surface area contributed by atoms with Gasteiger partial charge in [-0.05, 0) is 49.2 Å². The van der Waals surface area contributed by atoms with Crippen LogP contribution in [0.3, 0.4) is 0 Å². The number of benzene rings is 3. The molecule has 1 aromatic heterocycles. The summed E-state index contributed by atoms with van der Waals surface area (Å²) in [5.41, 5.74) is 5.32. The van der Waals surface area contributed by atoms with Crippen molar-refractivity contribution in [3.63, 3.8) is 0 Å². The lowest BCUT2D eigenvalue weighted by Gasteiger charge is -2.31. The molecule has 0 saturated heterocycles. The summed E-state index contributed by atoms with van der Waals surface area (Å²) in [5.74, 6) is 2.65. The number of fused-ring (bicyclic) bond motifs is 5. The highest BCUT2D eigenvalue weighted by Crippen LogP contribution is 2.43. The molecule has 2 heterocycles. The molecule has 0 fully saturated rings. The Hall–Kier alpha value is -3.47. The number of ether oxygens (including phenoxy) is 2. The first-order valence-corrected chi connectivity index (χ1v) is 11.0. The number of hydrogen-bond acceptors (Lipinski definition) is 4. The molecule has 0 bridgehead atoms. The van der Waals surface area contributed by atoms with Crippen LogP contribution in [0.5, 0.6) is 11.5 Å². The molecule has 4 aromatic rings. The average Bonchev–Trinajstić information content (AvgIpc) is 3.21. The second kappa shape index (κ2) is 8.34. The molecule has 5 heteroatoms. The Morgan fingerprint density at radius 3 is 2.55 bits per heavy atom. The van der Waals surface area contributed by atoms with E-state index in [2.05, 4.69) is 72.3 Å². The van der Waals surface area contributed by atoms with E-state index in [4.69, 9.17) is 14.5 Å². The van der Waals surface area contributed by atoms with E-state index < -0.39 is 0 Å². The summed E-state index contributed by atoms with van der Waals surface area (Å²) in [5, 5.41) is 3.73. The minimum Gasteiger partial charge on any atom is -0.493 e. The van der Waals surface area contributed by atoms with Gasteiger partial charge in [-0.25, -0.2) is 4.98 Å². The molecule has 1 aliphatic rings. The van der Waals surface area contributed by atoms with E-state index in [1.165, 1.54) is 0 Å². The van der Waals surface area contributed by atoms with Gasteiger partial charge in [0.1, 0.15) is 23.5 Å². The van der Waals surface area contributed by atoms with Crippen LogP contribution in [-0.4, -0.2) is 22.8 Å². The number of aromatic nitrogens is 2. The van der Waals surface area contributed by atoms with Crippen molar-refractivity contribution in [1.82, 2.24) is 9.55 Å². The summed E-state index contributed by atoms with van der Waals surface area (Å²) in [4.78, 5) is 4.98. The van der Waals surface area contributed by atoms with Crippen molar-refractivity contribution in [3.8, 4) is 22.9 Å². The van der Waals surface area contributed by atoms with Crippen molar-refractivity contribution in [1.29, 1.82) is 0 Å². The molecule has 31 heavy (non-hydrogen) atoms. The summed E-state index contributed by atoms with van der Waals surface area (Å²) in [6.45, 7) is 5.58. The maximum absolute atomic E-state index is 6.20. The molecule has 1 unspecified atom stereocenters. The van der Waals surface area contributed by atoms with Crippen molar-refractivity contribution in [2.75, 3.05) is 18.5 Å². The predicted molar refractivity (Wildman–Crippen MR) is 125 cm³/mol. The fourth-order valence-corrected chi connectivity index (χ4v) is 4.12. The Morgan fingerprint density at radius 2 is 1.68 bits per heavy atom. The molecule has 5 rings (SSSR count). The Kier molecular flexibility index (Phi) is 5.24. The summed E-state index contributed by atoms with van der Waals surface area (Å²) in [7, 11) is 0. The van der Waals surface area contributed by atoms with Gasteiger partial charge in [0.25, 0.3) is 0 Å².